The first-order valence-corrected chi connectivity index (χ1v) is 8.10. The summed E-state index contributed by atoms with van der Waals surface area (Å²) >= 11 is 0. The molecule has 0 saturated heterocycles. The van der Waals surface area contributed by atoms with Crippen molar-refractivity contribution in [1.29, 1.82) is 0 Å². The second-order valence-corrected chi connectivity index (χ2v) is 5.93. The molecular formula is C18H25NO3. The number of carbonyl (C=O) groups is 2. The normalized spacial score (nSPS) is 14.3. The summed E-state index contributed by atoms with van der Waals surface area (Å²) in [5.41, 5.74) is 2.30. The molecule has 1 aromatic rings. The van der Waals surface area contributed by atoms with E-state index in [0.717, 1.165) is 24.8 Å². The van der Waals surface area contributed by atoms with Gasteiger partial charge in [0.1, 0.15) is 0 Å². The fourth-order valence-electron chi connectivity index (χ4n) is 2.55. The van der Waals surface area contributed by atoms with E-state index in [1.807, 2.05) is 36.1 Å². The van der Waals surface area contributed by atoms with E-state index in [1.165, 1.54) is 5.56 Å². The molecule has 0 bridgehead atoms. The topological polar surface area (TPSA) is 46.6 Å². The van der Waals surface area contributed by atoms with Crippen LogP contribution in [0, 0.1) is 12.8 Å². The molecule has 1 amide bonds. The standard InChI is InChI=1S/C18H25NO3/c1-3-22-17(20)11-12-19(18(21)16-5-4-6-16)13-15-9-7-14(2)8-10-15/h7-10,16H,3-6,11-13H2,1-2H3. The third-order valence-electron chi connectivity index (χ3n) is 4.15. The largest absolute Gasteiger partial charge is 0.466 e. The van der Waals surface area contributed by atoms with Crippen LogP contribution in [0.1, 0.15) is 43.7 Å². The first-order chi connectivity index (χ1) is 10.6. The number of ether oxygens (including phenoxy) is 1. The molecule has 0 aromatic heterocycles. The molecule has 1 aliphatic rings. The van der Waals surface area contributed by atoms with E-state index in [-0.39, 0.29) is 24.2 Å². The molecule has 4 heteroatoms. The Balaban J connectivity index is 1.98. The lowest BCUT2D eigenvalue weighted by molar-refractivity contribution is -0.145. The zero-order chi connectivity index (χ0) is 15.9. The Labute approximate surface area is 132 Å². The maximum Gasteiger partial charge on any atom is 0.307 e. The van der Waals surface area contributed by atoms with Crippen LogP contribution in [0.25, 0.3) is 0 Å². The molecule has 1 aliphatic carbocycles. The highest BCUT2D eigenvalue weighted by atomic mass is 16.5. The summed E-state index contributed by atoms with van der Waals surface area (Å²) in [6, 6.07) is 8.18. The second-order valence-electron chi connectivity index (χ2n) is 5.93. The monoisotopic (exact) mass is 303 g/mol. The molecule has 1 aromatic carbocycles. The molecule has 120 valence electrons. The van der Waals surface area contributed by atoms with Crippen LogP contribution >= 0.6 is 0 Å². The summed E-state index contributed by atoms with van der Waals surface area (Å²) in [5.74, 6) is 0.0848. The number of amides is 1. The zero-order valence-electron chi connectivity index (χ0n) is 13.5. The Hall–Kier alpha value is -1.84. The van der Waals surface area contributed by atoms with Gasteiger partial charge in [0, 0.05) is 19.0 Å². The van der Waals surface area contributed by atoms with Gasteiger partial charge < -0.3 is 9.64 Å². The van der Waals surface area contributed by atoms with Gasteiger partial charge in [-0.1, -0.05) is 36.2 Å². The molecule has 2 rings (SSSR count). The predicted molar refractivity (Wildman–Crippen MR) is 85.2 cm³/mol. The average Bonchev–Trinajstić information content (AvgIpc) is 2.43. The number of aryl methyl sites for hydroxylation is 1. The van der Waals surface area contributed by atoms with E-state index in [1.54, 1.807) is 6.92 Å². The van der Waals surface area contributed by atoms with Crippen LogP contribution in [0.4, 0.5) is 0 Å². The van der Waals surface area contributed by atoms with E-state index in [0.29, 0.717) is 19.7 Å². The number of carbonyl (C=O) groups excluding carboxylic acids is 2. The summed E-state index contributed by atoms with van der Waals surface area (Å²) in [4.78, 5) is 25.9. The molecule has 0 radical (unpaired) electrons. The van der Waals surface area contributed by atoms with Crippen molar-refractivity contribution in [2.45, 2.75) is 46.1 Å². The van der Waals surface area contributed by atoms with Gasteiger partial charge >= 0.3 is 5.97 Å². The first kappa shape index (κ1) is 16.5. The number of rotatable bonds is 7. The third kappa shape index (κ3) is 4.58. The highest BCUT2D eigenvalue weighted by molar-refractivity contribution is 5.80. The van der Waals surface area contributed by atoms with Crippen LogP contribution in [0.2, 0.25) is 0 Å². The highest BCUT2D eigenvalue weighted by Gasteiger charge is 2.29. The number of hydrogen-bond donors (Lipinski definition) is 0. The first-order valence-electron chi connectivity index (χ1n) is 8.10. The summed E-state index contributed by atoms with van der Waals surface area (Å²) < 4.78 is 4.96. The van der Waals surface area contributed by atoms with E-state index in [2.05, 4.69) is 0 Å². The van der Waals surface area contributed by atoms with Crippen LogP contribution < -0.4 is 0 Å². The second kappa shape index (κ2) is 7.97. The lowest BCUT2D eigenvalue weighted by Crippen LogP contribution is -2.39. The van der Waals surface area contributed by atoms with Gasteiger partial charge in [0.25, 0.3) is 0 Å². The Morgan fingerprint density at radius 3 is 2.45 bits per heavy atom. The lowest BCUT2D eigenvalue weighted by atomic mass is 9.84. The van der Waals surface area contributed by atoms with Gasteiger partial charge in [-0.15, -0.1) is 0 Å². The number of benzene rings is 1. The molecule has 1 saturated carbocycles. The van der Waals surface area contributed by atoms with Gasteiger partial charge in [0.15, 0.2) is 0 Å². The number of hydrogen-bond acceptors (Lipinski definition) is 3. The van der Waals surface area contributed by atoms with Crippen molar-refractivity contribution in [3.8, 4) is 0 Å². The van der Waals surface area contributed by atoms with Gasteiger partial charge in [-0.05, 0) is 32.3 Å². The molecule has 0 unspecified atom stereocenters. The molecule has 0 aliphatic heterocycles. The highest BCUT2D eigenvalue weighted by Crippen LogP contribution is 2.29. The van der Waals surface area contributed by atoms with E-state index in [4.69, 9.17) is 4.74 Å². The van der Waals surface area contributed by atoms with Crippen molar-refractivity contribution in [1.82, 2.24) is 4.90 Å². The van der Waals surface area contributed by atoms with Gasteiger partial charge in [-0.2, -0.15) is 0 Å². The fraction of sp³-hybridized carbons (Fsp3) is 0.556. The Kier molecular flexibility index (Phi) is 5.99. The fourth-order valence-corrected chi connectivity index (χ4v) is 2.55. The SMILES string of the molecule is CCOC(=O)CCN(Cc1ccc(C)cc1)C(=O)C1CCC1. The van der Waals surface area contributed by atoms with Crippen molar-refractivity contribution in [3.05, 3.63) is 35.4 Å². The van der Waals surface area contributed by atoms with Crippen LogP contribution in [-0.2, 0) is 20.9 Å². The Morgan fingerprint density at radius 1 is 1.23 bits per heavy atom. The van der Waals surface area contributed by atoms with Crippen molar-refractivity contribution in [2.75, 3.05) is 13.2 Å². The maximum absolute atomic E-state index is 12.5. The molecule has 0 spiro atoms. The maximum atomic E-state index is 12.5. The van der Waals surface area contributed by atoms with E-state index in [9.17, 15) is 9.59 Å². The van der Waals surface area contributed by atoms with Crippen molar-refractivity contribution >= 4 is 11.9 Å². The van der Waals surface area contributed by atoms with Gasteiger partial charge in [-0.3, -0.25) is 9.59 Å². The number of esters is 1. The quantitative estimate of drug-likeness (QED) is 0.727. The summed E-state index contributed by atoms with van der Waals surface area (Å²) in [6.07, 6.45) is 3.34. The van der Waals surface area contributed by atoms with Gasteiger partial charge in [0.05, 0.1) is 13.0 Å². The number of nitrogens with zero attached hydrogens (tertiary/aromatic N) is 1. The summed E-state index contributed by atoms with van der Waals surface area (Å²) in [6.45, 7) is 5.22. The molecule has 0 heterocycles. The Morgan fingerprint density at radius 2 is 1.91 bits per heavy atom. The summed E-state index contributed by atoms with van der Waals surface area (Å²) in [5, 5.41) is 0. The lowest BCUT2D eigenvalue weighted by Gasteiger charge is -2.31. The third-order valence-corrected chi connectivity index (χ3v) is 4.15. The average molecular weight is 303 g/mol. The van der Waals surface area contributed by atoms with Gasteiger partial charge in [0.2, 0.25) is 5.91 Å². The Bertz CT molecular complexity index is 506. The smallest absolute Gasteiger partial charge is 0.307 e. The zero-order valence-corrected chi connectivity index (χ0v) is 13.5. The van der Waals surface area contributed by atoms with Crippen LogP contribution in [0.3, 0.4) is 0 Å². The van der Waals surface area contributed by atoms with Crippen molar-refractivity contribution in [2.24, 2.45) is 5.92 Å². The van der Waals surface area contributed by atoms with Crippen LogP contribution in [-0.4, -0.2) is 29.9 Å². The van der Waals surface area contributed by atoms with E-state index < -0.39 is 0 Å². The van der Waals surface area contributed by atoms with Crippen LogP contribution in [0.5, 0.6) is 0 Å². The van der Waals surface area contributed by atoms with Crippen molar-refractivity contribution < 1.29 is 14.3 Å². The van der Waals surface area contributed by atoms with Gasteiger partial charge in [-0.25, -0.2) is 0 Å². The molecule has 0 N–H and O–H groups in total. The molecular weight excluding hydrogens is 278 g/mol. The molecule has 1 fully saturated rings. The molecule has 4 nitrogen and oxygen atoms in total. The minimum atomic E-state index is -0.238. The van der Waals surface area contributed by atoms with Crippen LogP contribution in [0.15, 0.2) is 24.3 Å². The van der Waals surface area contributed by atoms with Crippen molar-refractivity contribution in [3.63, 3.8) is 0 Å². The minimum Gasteiger partial charge on any atom is -0.466 e. The van der Waals surface area contributed by atoms with E-state index >= 15 is 0 Å². The summed E-state index contributed by atoms with van der Waals surface area (Å²) in [7, 11) is 0. The molecule has 0 atom stereocenters. The predicted octanol–water partition coefficient (Wildman–Crippen LogP) is 3.08. The minimum absolute atomic E-state index is 0.146. The molecule has 22 heavy (non-hydrogen) atoms.